The number of ether oxygens (including phenoxy) is 1. The lowest BCUT2D eigenvalue weighted by atomic mass is 10.00. The molecule has 13 heteroatoms. The molecule has 1 fully saturated rings. The molecule has 236 valence electrons. The van der Waals surface area contributed by atoms with Crippen LogP contribution in [-0.4, -0.2) is 73.5 Å². The number of carbonyl (C=O) groups excluding carboxylic acids is 2. The van der Waals surface area contributed by atoms with Crippen LogP contribution in [0.2, 0.25) is 0 Å². The van der Waals surface area contributed by atoms with E-state index in [-0.39, 0.29) is 17.2 Å². The average molecular weight is 626 g/mol. The van der Waals surface area contributed by atoms with Gasteiger partial charge in [-0.2, -0.15) is 4.72 Å². The molecule has 1 aliphatic rings. The average Bonchev–Trinajstić information content (AvgIpc) is 2.98. The third kappa shape index (κ3) is 7.28. The molecule has 44 heavy (non-hydrogen) atoms. The lowest BCUT2D eigenvalue weighted by Crippen LogP contribution is -2.56. The molecule has 0 bridgehead atoms. The highest BCUT2D eigenvalue weighted by molar-refractivity contribution is 7.89. The molecular weight excluding hydrogens is 586 g/mol. The number of amides is 2. The van der Waals surface area contributed by atoms with Gasteiger partial charge in [0.25, 0.3) is 0 Å². The summed E-state index contributed by atoms with van der Waals surface area (Å²) in [6, 6.07) is 6.08. The molecule has 0 spiro atoms. The number of nitrogens with zero attached hydrogens (tertiary/aromatic N) is 2. The molecule has 4 rings (SSSR count). The van der Waals surface area contributed by atoms with Crippen LogP contribution in [0.4, 0.5) is 5.82 Å². The molecule has 2 aromatic carbocycles. The molecule has 1 unspecified atom stereocenters. The molecule has 3 aromatic rings. The number of nitrogens with two attached hydrogens (primary N) is 1. The highest BCUT2D eigenvalue weighted by Gasteiger charge is 2.34. The molecule has 0 radical (unpaired) electrons. The first-order chi connectivity index (χ1) is 20.8. The van der Waals surface area contributed by atoms with Gasteiger partial charge in [-0.15, -0.1) is 0 Å². The fourth-order valence-corrected chi connectivity index (χ4v) is 7.39. The number of pyridine rings is 1. The summed E-state index contributed by atoms with van der Waals surface area (Å²) in [5.41, 5.74) is 8.14. The van der Waals surface area contributed by atoms with Crippen molar-refractivity contribution in [1.82, 2.24) is 19.9 Å². The molecule has 0 aliphatic carbocycles. The number of rotatable bonds is 11. The van der Waals surface area contributed by atoms with Gasteiger partial charge in [0.05, 0.1) is 18.4 Å². The first kappa shape index (κ1) is 32.7. The van der Waals surface area contributed by atoms with Crippen molar-refractivity contribution < 1.29 is 32.6 Å². The molecule has 12 nitrogen and oxygen atoms in total. The summed E-state index contributed by atoms with van der Waals surface area (Å²) in [5.74, 6) is -1.81. The zero-order chi connectivity index (χ0) is 32.2. The van der Waals surface area contributed by atoms with Gasteiger partial charge < -0.3 is 25.8 Å². The number of carboxylic acid groups (broad SMARTS) is 1. The summed E-state index contributed by atoms with van der Waals surface area (Å²) < 4.78 is 34.9. The smallest absolute Gasteiger partial charge is 0.305 e. The van der Waals surface area contributed by atoms with Gasteiger partial charge in [0, 0.05) is 31.1 Å². The van der Waals surface area contributed by atoms with E-state index in [0.717, 1.165) is 24.6 Å². The molecule has 2 atom stereocenters. The van der Waals surface area contributed by atoms with E-state index in [4.69, 9.17) is 10.5 Å². The number of piperidine rings is 1. The summed E-state index contributed by atoms with van der Waals surface area (Å²) in [5, 5.41) is 13.8. The van der Waals surface area contributed by atoms with E-state index in [9.17, 15) is 27.9 Å². The van der Waals surface area contributed by atoms with E-state index in [2.05, 4.69) is 15.0 Å². The van der Waals surface area contributed by atoms with Gasteiger partial charge in [-0.05, 0) is 85.9 Å². The number of aromatic nitrogens is 1. The van der Waals surface area contributed by atoms with Gasteiger partial charge in [0.15, 0.2) is 0 Å². The number of methoxy groups -OCH3 is 1. The van der Waals surface area contributed by atoms with Crippen molar-refractivity contribution in [2.45, 2.75) is 69.9 Å². The Morgan fingerprint density at radius 3 is 2.41 bits per heavy atom. The second-order valence-corrected chi connectivity index (χ2v) is 12.8. The van der Waals surface area contributed by atoms with Crippen LogP contribution in [0.3, 0.4) is 0 Å². The molecular formula is C31H39N5O7S. The summed E-state index contributed by atoms with van der Waals surface area (Å²) in [7, 11) is -2.89. The van der Waals surface area contributed by atoms with Gasteiger partial charge in [-0.25, -0.2) is 13.4 Å². The normalized spacial score (nSPS) is 15.0. The topological polar surface area (TPSA) is 181 Å². The first-order valence-electron chi connectivity index (χ1n) is 14.4. The van der Waals surface area contributed by atoms with Crippen molar-refractivity contribution >= 4 is 44.4 Å². The summed E-state index contributed by atoms with van der Waals surface area (Å²) in [6.07, 6.45) is 3.48. The predicted molar refractivity (Wildman–Crippen MR) is 166 cm³/mol. The number of carboxylic acids is 1. The zero-order valence-electron chi connectivity index (χ0n) is 25.3. The summed E-state index contributed by atoms with van der Waals surface area (Å²) in [4.78, 5) is 44.9. The second-order valence-electron chi connectivity index (χ2n) is 11.1. The quantitative estimate of drug-likeness (QED) is 0.249. The number of likely N-dealkylation sites (tertiary alicyclic amines) is 1. The minimum absolute atomic E-state index is 0.0673. The Labute approximate surface area is 257 Å². The Morgan fingerprint density at radius 1 is 1.05 bits per heavy atom. The maximum absolute atomic E-state index is 13.7. The molecule has 5 N–H and O–H groups in total. The number of nitrogens with one attached hydrogen (secondary N) is 2. The molecule has 2 heterocycles. The van der Waals surface area contributed by atoms with Gasteiger partial charge in [-0.3, -0.25) is 14.4 Å². The Balaban J connectivity index is 1.65. The van der Waals surface area contributed by atoms with Gasteiger partial charge in [0.2, 0.25) is 21.8 Å². The highest BCUT2D eigenvalue weighted by Crippen LogP contribution is 2.30. The fourth-order valence-electron chi connectivity index (χ4n) is 5.66. The van der Waals surface area contributed by atoms with Crippen molar-refractivity contribution in [2.75, 3.05) is 25.9 Å². The van der Waals surface area contributed by atoms with E-state index in [1.54, 1.807) is 44.0 Å². The number of aliphatic carboxylic acids is 1. The number of fused-ring (bicyclic) bond motifs is 1. The zero-order valence-corrected chi connectivity index (χ0v) is 26.2. The van der Waals surface area contributed by atoms with Crippen molar-refractivity contribution in [3.05, 3.63) is 58.8 Å². The minimum atomic E-state index is -4.37. The van der Waals surface area contributed by atoms with Gasteiger partial charge in [0.1, 0.15) is 23.7 Å². The first-order valence-corrected chi connectivity index (χ1v) is 15.9. The number of carbonyl (C=O) groups is 3. The Morgan fingerprint density at radius 2 is 1.75 bits per heavy atom. The van der Waals surface area contributed by atoms with Crippen LogP contribution in [0, 0.1) is 20.8 Å². The number of anilines is 1. The summed E-state index contributed by atoms with van der Waals surface area (Å²) in [6.45, 7) is 5.97. The van der Waals surface area contributed by atoms with E-state index in [0.29, 0.717) is 52.3 Å². The van der Waals surface area contributed by atoms with Gasteiger partial charge in [-0.1, -0.05) is 12.1 Å². The Kier molecular flexibility index (Phi) is 10.1. The monoisotopic (exact) mass is 625 g/mol. The molecule has 2 amide bonds. The molecule has 0 saturated carbocycles. The highest BCUT2D eigenvalue weighted by atomic mass is 32.2. The summed E-state index contributed by atoms with van der Waals surface area (Å²) >= 11 is 0. The van der Waals surface area contributed by atoms with Crippen LogP contribution in [0.15, 0.2) is 41.4 Å². The van der Waals surface area contributed by atoms with Crippen LogP contribution in [0.5, 0.6) is 5.75 Å². The van der Waals surface area contributed by atoms with Crippen LogP contribution in [-0.2, 0) is 30.8 Å². The standard InChI is InChI=1S/C31H39N5O7S/c1-18-14-26(43-4)19(2)20(3)28(18)44(41,42)35-24(17-27(37)38)30(39)34-25(31(40)36-12-6-5-7-13-36)16-21-8-9-22-10-11-33-29(32)23(22)15-21/h8-11,14-15,24-25,35H,5-7,12-13,16-17H2,1-4H3,(H2,32,33)(H,34,39)(H,37,38)/t24-,25?/m0/s1. The number of hydrogen-bond acceptors (Lipinski definition) is 8. The van der Waals surface area contributed by atoms with Gasteiger partial charge >= 0.3 is 5.97 Å². The van der Waals surface area contributed by atoms with E-state index >= 15 is 0 Å². The van der Waals surface area contributed by atoms with E-state index in [1.165, 1.54) is 7.11 Å². The van der Waals surface area contributed by atoms with Crippen molar-refractivity contribution in [1.29, 1.82) is 0 Å². The lowest BCUT2D eigenvalue weighted by Gasteiger charge is -2.31. The third-order valence-corrected chi connectivity index (χ3v) is 9.80. The Hall–Kier alpha value is -4.23. The van der Waals surface area contributed by atoms with Crippen LogP contribution in [0.25, 0.3) is 10.8 Å². The number of aryl methyl sites for hydroxylation is 1. The SMILES string of the molecule is COc1cc(C)c(S(=O)(=O)N[C@@H](CC(=O)O)C(=O)NC(Cc2ccc3ccnc(N)c3c2)C(=O)N2CCCCC2)c(C)c1C. The second kappa shape index (κ2) is 13.6. The maximum Gasteiger partial charge on any atom is 0.305 e. The third-order valence-electron chi connectivity index (χ3n) is 8.04. The maximum atomic E-state index is 13.7. The van der Waals surface area contributed by atoms with Crippen LogP contribution >= 0.6 is 0 Å². The van der Waals surface area contributed by atoms with Crippen molar-refractivity contribution in [3.63, 3.8) is 0 Å². The number of sulfonamides is 1. The predicted octanol–water partition coefficient (Wildman–Crippen LogP) is 2.61. The van der Waals surface area contributed by atoms with Crippen molar-refractivity contribution in [3.8, 4) is 5.75 Å². The largest absolute Gasteiger partial charge is 0.496 e. The fraction of sp³-hybridized carbons (Fsp3) is 0.419. The number of nitrogen functional groups attached to an aromatic ring is 1. The van der Waals surface area contributed by atoms with Crippen LogP contribution < -0.4 is 20.5 Å². The molecule has 1 aliphatic heterocycles. The van der Waals surface area contributed by atoms with E-state index in [1.807, 2.05) is 18.2 Å². The van der Waals surface area contributed by atoms with Crippen molar-refractivity contribution in [2.24, 2.45) is 0 Å². The lowest BCUT2D eigenvalue weighted by molar-refractivity contribution is -0.140. The number of benzene rings is 2. The minimum Gasteiger partial charge on any atom is -0.496 e. The molecule has 1 saturated heterocycles. The molecule has 1 aromatic heterocycles. The Bertz CT molecular complexity index is 1690. The number of hydrogen-bond donors (Lipinski definition) is 4. The van der Waals surface area contributed by atoms with Crippen LogP contribution in [0.1, 0.15) is 47.9 Å². The van der Waals surface area contributed by atoms with E-state index < -0.39 is 40.4 Å².